The standard InChI is InChI=1S/C24H16BrClN2/c25-17-11-13-21-23(15-17)27(19-7-3-1-4-8-19)22-14-12-18(26)16-24(22)28(21)20-9-5-2-6-10-20/h1-16H. The summed E-state index contributed by atoms with van der Waals surface area (Å²) in [5, 5.41) is 0.716. The van der Waals surface area contributed by atoms with Crippen LogP contribution in [0, 0.1) is 0 Å². The maximum Gasteiger partial charge on any atom is 0.0718 e. The van der Waals surface area contributed by atoms with E-state index in [2.05, 4.69) is 98.5 Å². The molecule has 0 spiro atoms. The molecule has 1 aliphatic heterocycles. The highest BCUT2D eigenvalue weighted by atomic mass is 79.9. The summed E-state index contributed by atoms with van der Waals surface area (Å²) in [6.07, 6.45) is 0. The van der Waals surface area contributed by atoms with E-state index in [1.165, 1.54) is 0 Å². The molecular formula is C24H16BrClN2. The summed E-state index contributed by atoms with van der Waals surface area (Å²) in [6, 6.07) is 33.3. The molecule has 0 aliphatic carbocycles. The maximum absolute atomic E-state index is 6.42. The van der Waals surface area contributed by atoms with Crippen molar-refractivity contribution in [1.29, 1.82) is 0 Å². The van der Waals surface area contributed by atoms with Crippen LogP contribution in [-0.2, 0) is 0 Å². The number of fused-ring (bicyclic) bond motifs is 2. The zero-order valence-corrected chi connectivity index (χ0v) is 17.2. The molecule has 2 nitrogen and oxygen atoms in total. The normalized spacial score (nSPS) is 12.5. The lowest BCUT2D eigenvalue weighted by Crippen LogP contribution is -2.24. The zero-order chi connectivity index (χ0) is 19.1. The van der Waals surface area contributed by atoms with E-state index < -0.39 is 0 Å². The maximum atomic E-state index is 6.42. The second-order valence-corrected chi connectivity index (χ2v) is 7.96. The Hall–Kier alpha value is -2.75. The highest BCUT2D eigenvalue weighted by Gasteiger charge is 2.30. The van der Waals surface area contributed by atoms with Crippen LogP contribution in [0.3, 0.4) is 0 Å². The quantitative estimate of drug-likeness (QED) is 0.268. The van der Waals surface area contributed by atoms with Crippen LogP contribution in [0.4, 0.5) is 34.1 Å². The monoisotopic (exact) mass is 446 g/mol. The topological polar surface area (TPSA) is 6.48 Å². The predicted octanol–water partition coefficient (Wildman–Crippen LogP) is 8.36. The summed E-state index contributed by atoms with van der Waals surface area (Å²) in [5.74, 6) is 0. The summed E-state index contributed by atoms with van der Waals surface area (Å²) in [6.45, 7) is 0. The number of benzene rings is 4. The molecule has 0 amide bonds. The summed E-state index contributed by atoms with van der Waals surface area (Å²) in [5.41, 5.74) is 6.56. The summed E-state index contributed by atoms with van der Waals surface area (Å²) < 4.78 is 1.04. The van der Waals surface area contributed by atoms with E-state index in [-0.39, 0.29) is 0 Å². The van der Waals surface area contributed by atoms with Crippen LogP contribution in [-0.4, -0.2) is 0 Å². The molecule has 28 heavy (non-hydrogen) atoms. The highest BCUT2D eigenvalue weighted by molar-refractivity contribution is 9.10. The van der Waals surface area contributed by atoms with Gasteiger partial charge in [-0.3, -0.25) is 0 Å². The zero-order valence-electron chi connectivity index (χ0n) is 14.9. The van der Waals surface area contributed by atoms with Crippen LogP contribution in [0.25, 0.3) is 0 Å². The van der Waals surface area contributed by atoms with Crippen molar-refractivity contribution in [2.75, 3.05) is 9.80 Å². The Kier molecular flexibility index (Phi) is 4.34. The number of hydrogen-bond acceptors (Lipinski definition) is 2. The molecule has 0 saturated heterocycles. The third kappa shape index (κ3) is 2.88. The van der Waals surface area contributed by atoms with Gasteiger partial charge in [0.25, 0.3) is 0 Å². The highest BCUT2D eigenvalue weighted by Crippen LogP contribution is 2.54. The lowest BCUT2D eigenvalue weighted by atomic mass is 10.0. The van der Waals surface area contributed by atoms with Gasteiger partial charge in [-0.05, 0) is 60.7 Å². The molecule has 0 unspecified atom stereocenters. The molecule has 0 N–H and O–H groups in total. The first kappa shape index (κ1) is 17.4. The van der Waals surface area contributed by atoms with Crippen molar-refractivity contribution in [3.63, 3.8) is 0 Å². The number of hydrogen-bond donors (Lipinski definition) is 0. The number of rotatable bonds is 2. The van der Waals surface area contributed by atoms with Gasteiger partial charge in [0.15, 0.2) is 0 Å². The van der Waals surface area contributed by atoms with E-state index in [1.54, 1.807) is 0 Å². The van der Waals surface area contributed by atoms with Crippen molar-refractivity contribution in [2.24, 2.45) is 0 Å². The van der Waals surface area contributed by atoms with Crippen molar-refractivity contribution in [1.82, 2.24) is 0 Å². The smallest absolute Gasteiger partial charge is 0.0718 e. The Balaban J connectivity index is 1.84. The molecule has 4 aromatic carbocycles. The van der Waals surface area contributed by atoms with Gasteiger partial charge in [-0.25, -0.2) is 0 Å². The molecule has 136 valence electrons. The number of halogens is 2. The molecule has 0 radical (unpaired) electrons. The molecule has 0 aromatic heterocycles. The van der Waals surface area contributed by atoms with E-state index in [9.17, 15) is 0 Å². The van der Waals surface area contributed by atoms with E-state index >= 15 is 0 Å². The molecule has 1 heterocycles. The fraction of sp³-hybridized carbons (Fsp3) is 0. The molecule has 4 heteroatoms. The van der Waals surface area contributed by atoms with Gasteiger partial charge in [-0.15, -0.1) is 0 Å². The van der Waals surface area contributed by atoms with E-state index in [0.717, 1.165) is 38.6 Å². The third-order valence-electron chi connectivity index (χ3n) is 4.87. The SMILES string of the molecule is Clc1ccc2c(c1)N(c1ccccc1)c1ccc(Br)cc1N2c1ccccc1. The van der Waals surface area contributed by atoms with Crippen molar-refractivity contribution < 1.29 is 0 Å². The number of para-hydroxylation sites is 2. The van der Waals surface area contributed by atoms with Crippen LogP contribution in [0.1, 0.15) is 0 Å². The molecular weight excluding hydrogens is 432 g/mol. The largest absolute Gasteiger partial charge is 0.306 e. The van der Waals surface area contributed by atoms with E-state index in [1.807, 2.05) is 24.3 Å². The Bertz CT molecular complexity index is 1050. The van der Waals surface area contributed by atoms with Crippen LogP contribution >= 0.6 is 27.5 Å². The summed E-state index contributed by atoms with van der Waals surface area (Å²) in [4.78, 5) is 4.55. The van der Waals surface area contributed by atoms with Crippen LogP contribution < -0.4 is 9.80 Å². The van der Waals surface area contributed by atoms with Crippen LogP contribution in [0.2, 0.25) is 5.02 Å². The van der Waals surface area contributed by atoms with Gasteiger partial charge in [0.2, 0.25) is 0 Å². The molecule has 4 aromatic rings. The van der Waals surface area contributed by atoms with Crippen molar-refractivity contribution in [3.8, 4) is 0 Å². The summed E-state index contributed by atoms with van der Waals surface area (Å²) in [7, 11) is 0. The van der Waals surface area contributed by atoms with Gasteiger partial charge in [-0.1, -0.05) is 63.9 Å². The minimum Gasteiger partial charge on any atom is -0.306 e. The Labute approximate surface area is 177 Å². The van der Waals surface area contributed by atoms with E-state index in [4.69, 9.17) is 11.6 Å². The minimum atomic E-state index is 0.716. The minimum absolute atomic E-state index is 0.716. The average molecular weight is 448 g/mol. The van der Waals surface area contributed by atoms with Gasteiger partial charge < -0.3 is 9.80 Å². The first-order chi connectivity index (χ1) is 13.7. The lowest BCUT2D eigenvalue weighted by Gasteiger charge is -2.40. The number of anilines is 6. The fourth-order valence-corrected chi connectivity index (χ4v) is 4.21. The Morgan fingerprint density at radius 2 is 1.04 bits per heavy atom. The van der Waals surface area contributed by atoms with Crippen LogP contribution in [0.5, 0.6) is 0 Å². The Morgan fingerprint density at radius 1 is 0.536 bits per heavy atom. The van der Waals surface area contributed by atoms with Crippen molar-refractivity contribution in [2.45, 2.75) is 0 Å². The molecule has 1 aliphatic rings. The van der Waals surface area contributed by atoms with E-state index in [0.29, 0.717) is 5.02 Å². The van der Waals surface area contributed by atoms with Crippen molar-refractivity contribution >= 4 is 61.7 Å². The van der Waals surface area contributed by atoms with Gasteiger partial charge >= 0.3 is 0 Å². The first-order valence-corrected chi connectivity index (χ1v) is 10.2. The summed E-state index contributed by atoms with van der Waals surface area (Å²) >= 11 is 10.1. The molecule has 0 atom stereocenters. The second-order valence-electron chi connectivity index (χ2n) is 6.61. The van der Waals surface area contributed by atoms with Gasteiger partial charge in [0, 0.05) is 20.9 Å². The molecule has 0 fully saturated rings. The second kappa shape index (κ2) is 7.01. The third-order valence-corrected chi connectivity index (χ3v) is 5.60. The molecule has 5 rings (SSSR count). The van der Waals surface area contributed by atoms with Crippen molar-refractivity contribution in [3.05, 3.63) is 107 Å². The molecule has 0 saturated carbocycles. The van der Waals surface area contributed by atoms with Crippen LogP contribution in [0.15, 0.2) is 102 Å². The number of nitrogens with zero attached hydrogens (tertiary/aromatic N) is 2. The predicted molar refractivity (Wildman–Crippen MR) is 122 cm³/mol. The van der Waals surface area contributed by atoms with Gasteiger partial charge in [0.1, 0.15) is 0 Å². The van der Waals surface area contributed by atoms with Gasteiger partial charge in [0.05, 0.1) is 22.7 Å². The average Bonchev–Trinajstić information content (AvgIpc) is 2.73. The lowest BCUT2D eigenvalue weighted by molar-refractivity contribution is 1.17. The molecule has 0 bridgehead atoms. The van der Waals surface area contributed by atoms with Gasteiger partial charge in [-0.2, -0.15) is 0 Å². The first-order valence-electron chi connectivity index (χ1n) is 9.02. The fourth-order valence-electron chi connectivity index (χ4n) is 3.70. The Morgan fingerprint density at radius 3 is 1.61 bits per heavy atom.